The van der Waals surface area contributed by atoms with Gasteiger partial charge in [0.25, 0.3) is 5.91 Å². The third kappa shape index (κ3) is 7.83. The normalized spacial score (nSPS) is 11.1. The lowest BCUT2D eigenvalue weighted by Gasteiger charge is -2.11. The molecule has 5 nitrogen and oxygen atoms in total. The lowest BCUT2D eigenvalue weighted by molar-refractivity contribution is 0.0953. The summed E-state index contributed by atoms with van der Waals surface area (Å²) < 4.78 is 9.18. The highest BCUT2D eigenvalue weighted by Crippen LogP contribution is 2.22. The second-order valence-corrected chi connectivity index (χ2v) is 10.5. The summed E-state index contributed by atoms with van der Waals surface area (Å²) in [6.07, 6.45) is 5.93. The molecule has 1 N–H and O–H groups in total. The maximum absolute atomic E-state index is 12.3. The fourth-order valence-corrected chi connectivity index (χ4v) is 4.87. The molecule has 0 spiro atoms. The molecule has 1 heterocycles. The lowest BCUT2D eigenvalue weighted by atomic mass is 10.1. The van der Waals surface area contributed by atoms with Crippen LogP contribution in [0, 0.1) is 6.92 Å². The van der Waals surface area contributed by atoms with Gasteiger partial charge in [-0.3, -0.25) is 4.79 Å². The number of fused-ring (bicyclic) bond motifs is 1. The summed E-state index contributed by atoms with van der Waals surface area (Å²) in [4.78, 5) is 17.2. The van der Waals surface area contributed by atoms with Crippen molar-refractivity contribution in [3.63, 3.8) is 0 Å². The van der Waals surface area contributed by atoms with Crippen molar-refractivity contribution in [1.29, 1.82) is 0 Å². The number of carbonyl (C=O) groups excluding carboxylic acids is 1. The quantitative estimate of drug-likeness (QED) is 0.164. The minimum atomic E-state index is -0.0294. The van der Waals surface area contributed by atoms with Gasteiger partial charge in [0.15, 0.2) is 0 Å². The number of nitrogens with zero attached hydrogens (tertiary/aromatic N) is 2. The number of hydrogen-bond acceptors (Lipinski definition) is 3. The second-order valence-electron chi connectivity index (χ2n) is 9.21. The van der Waals surface area contributed by atoms with Gasteiger partial charge in [0.2, 0.25) is 0 Å². The van der Waals surface area contributed by atoms with E-state index < -0.39 is 0 Å². The maximum atomic E-state index is 12.3. The number of halogens is 2. The highest BCUT2D eigenvalue weighted by molar-refractivity contribution is 9.10. The fraction of sp³-hybridized carbons (Fsp3) is 0.333. The van der Waals surface area contributed by atoms with Crippen LogP contribution in [0.25, 0.3) is 11.0 Å². The van der Waals surface area contributed by atoms with E-state index in [1.807, 2.05) is 55.5 Å². The third-order valence-electron chi connectivity index (χ3n) is 6.36. The molecule has 0 aliphatic heterocycles. The van der Waals surface area contributed by atoms with Crippen molar-refractivity contribution in [3.8, 4) is 5.75 Å². The third-order valence-corrected chi connectivity index (χ3v) is 7.27. The van der Waals surface area contributed by atoms with Crippen molar-refractivity contribution in [2.24, 2.45) is 0 Å². The van der Waals surface area contributed by atoms with E-state index in [0.717, 1.165) is 77.2 Å². The number of benzene rings is 3. The Balaban J connectivity index is 1.22. The van der Waals surface area contributed by atoms with Crippen LogP contribution < -0.4 is 10.1 Å². The van der Waals surface area contributed by atoms with Gasteiger partial charge in [-0.1, -0.05) is 52.2 Å². The number of aryl methyl sites for hydroxylation is 3. The maximum Gasteiger partial charge on any atom is 0.251 e. The van der Waals surface area contributed by atoms with Crippen LogP contribution in [0.3, 0.4) is 0 Å². The van der Waals surface area contributed by atoms with Crippen molar-refractivity contribution < 1.29 is 9.53 Å². The summed E-state index contributed by atoms with van der Waals surface area (Å²) in [6, 6.07) is 21.6. The topological polar surface area (TPSA) is 56.1 Å². The molecule has 194 valence electrons. The van der Waals surface area contributed by atoms with Crippen molar-refractivity contribution in [2.45, 2.75) is 52.0 Å². The molecule has 0 aliphatic rings. The highest BCUT2D eigenvalue weighted by atomic mass is 79.9. The molecular formula is C30H33BrClN3O2. The molecule has 4 aromatic rings. The van der Waals surface area contributed by atoms with E-state index in [4.69, 9.17) is 21.3 Å². The molecule has 0 saturated carbocycles. The molecule has 0 bridgehead atoms. The Labute approximate surface area is 232 Å². The molecule has 1 aromatic heterocycles. The zero-order chi connectivity index (χ0) is 26.0. The van der Waals surface area contributed by atoms with Gasteiger partial charge in [-0.15, -0.1) is 0 Å². The van der Waals surface area contributed by atoms with Gasteiger partial charge in [0, 0.05) is 34.6 Å². The van der Waals surface area contributed by atoms with Crippen molar-refractivity contribution in [1.82, 2.24) is 14.9 Å². The van der Waals surface area contributed by atoms with Gasteiger partial charge in [-0.05, 0) is 86.7 Å². The van der Waals surface area contributed by atoms with E-state index in [1.165, 1.54) is 5.52 Å². The summed E-state index contributed by atoms with van der Waals surface area (Å²) in [5.74, 6) is 1.97. The second kappa shape index (κ2) is 13.6. The number of nitrogens with one attached hydrogen (secondary N) is 1. The monoisotopic (exact) mass is 581 g/mol. The summed E-state index contributed by atoms with van der Waals surface area (Å²) in [6.45, 7) is 4.26. The summed E-state index contributed by atoms with van der Waals surface area (Å²) >= 11 is 9.52. The van der Waals surface area contributed by atoms with E-state index in [-0.39, 0.29) is 5.91 Å². The summed E-state index contributed by atoms with van der Waals surface area (Å²) in [7, 11) is 0. The van der Waals surface area contributed by atoms with Gasteiger partial charge in [0.1, 0.15) is 11.6 Å². The first-order valence-corrected chi connectivity index (χ1v) is 14.1. The number of para-hydroxylation sites is 2. The van der Waals surface area contributed by atoms with Gasteiger partial charge < -0.3 is 14.6 Å². The van der Waals surface area contributed by atoms with E-state index in [0.29, 0.717) is 18.7 Å². The van der Waals surface area contributed by atoms with Crippen LogP contribution in [0.4, 0.5) is 0 Å². The number of rotatable bonds is 13. The number of ether oxygens (including phenoxy) is 1. The summed E-state index contributed by atoms with van der Waals surface area (Å²) in [5, 5.41) is 3.78. The SMILES string of the molecule is Cc1cc(OCCCCn2c(CCCCCNC(=O)c3cccc(Br)c3)nc3ccccc32)ccc1Cl. The van der Waals surface area contributed by atoms with E-state index in [2.05, 4.69) is 44.0 Å². The molecule has 1 amide bonds. The molecule has 3 aromatic carbocycles. The molecule has 7 heteroatoms. The smallest absolute Gasteiger partial charge is 0.251 e. The Hall–Kier alpha value is -2.83. The first-order valence-electron chi connectivity index (χ1n) is 12.9. The number of imidazole rings is 1. The minimum absolute atomic E-state index is 0.0294. The van der Waals surface area contributed by atoms with E-state index in [1.54, 1.807) is 0 Å². The molecule has 0 radical (unpaired) electrons. The average Bonchev–Trinajstić information content (AvgIpc) is 3.25. The highest BCUT2D eigenvalue weighted by Gasteiger charge is 2.10. The zero-order valence-electron chi connectivity index (χ0n) is 21.2. The van der Waals surface area contributed by atoms with Crippen LogP contribution in [0.5, 0.6) is 5.75 Å². The number of hydrogen-bond donors (Lipinski definition) is 1. The van der Waals surface area contributed by atoms with Gasteiger partial charge in [-0.25, -0.2) is 4.98 Å². The number of unbranched alkanes of at least 4 members (excludes halogenated alkanes) is 3. The van der Waals surface area contributed by atoms with Crippen molar-refractivity contribution in [3.05, 3.63) is 93.2 Å². The lowest BCUT2D eigenvalue weighted by Crippen LogP contribution is -2.24. The van der Waals surface area contributed by atoms with Crippen LogP contribution in [-0.4, -0.2) is 28.6 Å². The van der Waals surface area contributed by atoms with E-state index in [9.17, 15) is 4.79 Å². The van der Waals surface area contributed by atoms with Gasteiger partial charge >= 0.3 is 0 Å². The first-order chi connectivity index (χ1) is 18.0. The number of carbonyl (C=O) groups is 1. The molecule has 0 fully saturated rings. The molecule has 0 aliphatic carbocycles. The summed E-state index contributed by atoms with van der Waals surface area (Å²) in [5.41, 5.74) is 3.94. The van der Waals surface area contributed by atoms with Gasteiger partial charge in [-0.2, -0.15) is 0 Å². The Morgan fingerprint density at radius 1 is 1.00 bits per heavy atom. The molecule has 37 heavy (non-hydrogen) atoms. The van der Waals surface area contributed by atoms with Crippen LogP contribution in [0.15, 0.2) is 71.2 Å². The van der Waals surface area contributed by atoms with E-state index >= 15 is 0 Å². The molecule has 0 saturated heterocycles. The predicted octanol–water partition coefficient (Wildman–Crippen LogP) is 7.76. The van der Waals surface area contributed by atoms with Crippen molar-refractivity contribution >= 4 is 44.5 Å². The Morgan fingerprint density at radius 2 is 1.86 bits per heavy atom. The Morgan fingerprint density at radius 3 is 2.70 bits per heavy atom. The standard InChI is InChI=1S/C30H33BrClN3O2/c1-22-20-25(15-16-26(22)32)37-19-8-7-18-35-28-13-5-4-12-27(28)34-29(35)14-3-2-6-17-33-30(36)23-10-9-11-24(31)21-23/h4-5,9-13,15-16,20-21H,2-3,6-8,14,17-19H2,1H3,(H,33,36). The molecule has 0 unspecified atom stereocenters. The van der Waals surface area contributed by atoms with Crippen molar-refractivity contribution in [2.75, 3.05) is 13.2 Å². The fourth-order valence-electron chi connectivity index (χ4n) is 4.35. The predicted molar refractivity (Wildman–Crippen MR) is 155 cm³/mol. The Kier molecular flexibility index (Phi) is 10.0. The average molecular weight is 583 g/mol. The molecule has 0 atom stereocenters. The van der Waals surface area contributed by atoms with Crippen LogP contribution in [0.2, 0.25) is 5.02 Å². The zero-order valence-corrected chi connectivity index (χ0v) is 23.5. The minimum Gasteiger partial charge on any atom is -0.494 e. The molecule has 4 rings (SSSR count). The molecular weight excluding hydrogens is 550 g/mol. The number of aromatic nitrogens is 2. The number of amides is 1. The van der Waals surface area contributed by atoms with Crippen LogP contribution >= 0.6 is 27.5 Å². The first kappa shape index (κ1) is 27.2. The Bertz CT molecular complexity index is 1340. The van der Waals surface area contributed by atoms with Crippen LogP contribution in [-0.2, 0) is 13.0 Å². The van der Waals surface area contributed by atoms with Crippen LogP contribution in [0.1, 0.15) is 53.8 Å². The largest absolute Gasteiger partial charge is 0.494 e. The van der Waals surface area contributed by atoms with Gasteiger partial charge in [0.05, 0.1) is 17.6 Å².